The minimum atomic E-state index is -2.89. The topological polar surface area (TPSA) is 82.8 Å². The van der Waals surface area contributed by atoms with Crippen LogP contribution in [0.15, 0.2) is 6.07 Å². The fourth-order valence-electron chi connectivity index (χ4n) is 2.19. The molecule has 1 fully saturated rings. The van der Waals surface area contributed by atoms with Gasteiger partial charge in [0.15, 0.2) is 9.84 Å². The summed E-state index contributed by atoms with van der Waals surface area (Å²) >= 11 is 0. The average molecular weight is 265 g/mol. The summed E-state index contributed by atoms with van der Waals surface area (Å²) in [6, 6.07) is 3.82. The zero-order valence-electron chi connectivity index (χ0n) is 10.4. The van der Waals surface area contributed by atoms with Crippen LogP contribution in [-0.4, -0.2) is 30.9 Å². The molecule has 6 heteroatoms. The first kappa shape index (κ1) is 12.8. The quantitative estimate of drug-likeness (QED) is 0.867. The van der Waals surface area contributed by atoms with Gasteiger partial charge in [0.2, 0.25) is 0 Å². The Morgan fingerprint density at radius 2 is 2.22 bits per heavy atom. The van der Waals surface area contributed by atoms with Gasteiger partial charge in [0.1, 0.15) is 11.9 Å². The van der Waals surface area contributed by atoms with Crippen molar-refractivity contribution >= 4 is 15.7 Å². The second-order valence-electron chi connectivity index (χ2n) is 4.64. The minimum absolute atomic E-state index is 0.0748. The SMILES string of the molecule is Cc1cc(NC2CCS(=O)(=O)C2)nc(C)c1C#N. The maximum Gasteiger partial charge on any atom is 0.152 e. The molecule has 1 aliphatic heterocycles. The highest BCUT2D eigenvalue weighted by molar-refractivity contribution is 7.91. The Balaban J connectivity index is 2.19. The third-order valence-electron chi connectivity index (χ3n) is 3.09. The zero-order valence-corrected chi connectivity index (χ0v) is 11.2. The van der Waals surface area contributed by atoms with Crippen molar-refractivity contribution in [1.82, 2.24) is 4.98 Å². The molecule has 1 N–H and O–H groups in total. The third kappa shape index (κ3) is 2.62. The van der Waals surface area contributed by atoms with Crippen molar-refractivity contribution in [2.45, 2.75) is 26.3 Å². The maximum absolute atomic E-state index is 11.4. The van der Waals surface area contributed by atoms with E-state index >= 15 is 0 Å². The second-order valence-corrected chi connectivity index (χ2v) is 6.87. The Labute approximate surface area is 107 Å². The molecule has 1 atom stereocenters. The van der Waals surface area contributed by atoms with E-state index in [0.29, 0.717) is 23.5 Å². The minimum Gasteiger partial charge on any atom is -0.366 e. The fourth-order valence-corrected chi connectivity index (χ4v) is 3.87. The first-order valence-electron chi connectivity index (χ1n) is 5.76. The molecule has 2 heterocycles. The number of pyridine rings is 1. The predicted molar refractivity (Wildman–Crippen MR) is 69.1 cm³/mol. The molecule has 0 bridgehead atoms. The van der Waals surface area contributed by atoms with Gasteiger partial charge in [-0.1, -0.05) is 0 Å². The molecule has 96 valence electrons. The number of nitrogens with zero attached hydrogens (tertiary/aromatic N) is 2. The Bertz CT molecular complexity index is 594. The number of anilines is 1. The number of aryl methyl sites for hydroxylation is 2. The van der Waals surface area contributed by atoms with E-state index in [4.69, 9.17) is 5.26 Å². The summed E-state index contributed by atoms with van der Waals surface area (Å²) < 4.78 is 22.7. The van der Waals surface area contributed by atoms with E-state index in [0.717, 1.165) is 5.56 Å². The van der Waals surface area contributed by atoms with E-state index in [2.05, 4.69) is 16.4 Å². The van der Waals surface area contributed by atoms with Crippen LogP contribution in [0.1, 0.15) is 23.2 Å². The molecule has 18 heavy (non-hydrogen) atoms. The summed E-state index contributed by atoms with van der Waals surface area (Å²) in [7, 11) is -2.89. The summed E-state index contributed by atoms with van der Waals surface area (Å²) in [5, 5.41) is 12.1. The highest BCUT2D eigenvalue weighted by Crippen LogP contribution is 2.19. The first-order valence-corrected chi connectivity index (χ1v) is 7.59. The lowest BCUT2D eigenvalue weighted by molar-refractivity contribution is 0.602. The van der Waals surface area contributed by atoms with Crippen molar-refractivity contribution in [2.75, 3.05) is 16.8 Å². The number of aromatic nitrogens is 1. The van der Waals surface area contributed by atoms with Gasteiger partial charge in [-0.3, -0.25) is 0 Å². The van der Waals surface area contributed by atoms with Crippen molar-refractivity contribution in [3.05, 3.63) is 22.9 Å². The lowest BCUT2D eigenvalue weighted by Crippen LogP contribution is -2.21. The van der Waals surface area contributed by atoms with E-state index < -0.39 is 9.84 Å². The van der Waals surface area contributed by atoms with E-state index in [1.807, 2.05) is 6.92 Å². The molecule has 5 nitrogen and oxygen atoms in total. The van der Waals surface area contributed by atoms with Crippen molar-refractivity contribution < 1.29 is 8.42 Å². The van der Waals surface area contributed by atoms with Gasteiger partial charge in [-0.25, -0.2) is 13.4 Å². The van der Waals surface area contributed by atoms with Gasteiger partial charge in [-0.15, -0.1) is 0 Å². The van der Waals surface area contributed by atoms with Crippen molar-refractivity contribution in [2.24, 2.45) is 0 Å². The van der Waals surface area contributed by atoms with Crippen LogP contribution in [0.4, 0.5) is 5.82 Å². The number of sulfone groups is 1. The van der Waals surface area contributed by atoms with Crippen LogP contribution in [0, 0.1) is 25.2 Å². The highest BCUT2D eigenvalue weighted by atomic mass is 32.2. The number of hydrogen-bond acceptors (Lipinski definition) is 5. The summed E-state index contributed by atoms with van der Waals surface area (Å²) in [4.78, 5) is 4.29. The molecule has 0 aromatic carbocycles. The van der Waals surface area contributed by atoms with Crippen LogP contribution in [0.2, 0.25) is 0 Å². The normalized spacial score (nSPS) is 21.5. The molecule has 2 rings (SSSR count). The maximum atomic E-state index is 11.4. The Hall–Kier alpha value is -1.61. The lowest BCUT2D eigenvalue weighted by atomic mass is 10.1. The van der Waals surface area contributed by atoms with E-state index in [1.165, 1.54) is 0 Å². The standard InChI is InChI=1S/C12H15N3O2S/c1-8-5-12(14-9(2)11(8)6-13)15-10-3-4-18(16,17)7-10/h5,10H,3-4,7H2,1-2H3,(H,14,15). The van der Waals surface area contributed by atoms with Crippen LogP contribution in [-0.2, 0) is 9.84 Å². The third-order valence-corrected chi connectivity index (χ3v) is 4.86. The van der Waals surface area contributed by atoms with Gasteiger partial charge in [-0.2, -0.15) is 5.26 Å². The number of nitrogens with one attached hydrogen (secondary N) is 1. The summed E-state index contributed by atoms with van der Waals surface area (Å²) in [5.41, 5.74) is 2.11. The molecule has 0 radical (unpaired) electrons. The second kappa shape index (κ2) is 4.58. The number of nitriles is 1. The van der Waals surface area contributed by atoms with E-state index in [-0.39, 0.29) is 17.5 Å². The summed E-state index contributed by atoms with van der Waals surface area (Å²) in [5.74, 6) is 1.04. The first-order chi connectivity index (χ1) is 8.41. The Kier molecular flexibility index (Phi) is 3.26. The largest absolute Gasteiger partial charge is 0.366 e. The van der Waals surface area contributed by atoms with Gasteiger partial charge in [-0.05, 0) is 31.9 Å². The Morgan fingerprint density at radius 1 is 1.50 bits per heavy atom. The molecular weight excluding hydrogens is 250 g/mol. The van der Waals surface area contributed by atoms with Crippen molar-refractivity contribution in [3.8, 4) is 6.07 Å². The Morgan fingerprint density at radius 3 is 2.72 bits per heavy atom. The molecule has 0 aliphatic carbocycles. The van der Waals surface area contributed by atoms with Gasteiger partial charge >= 0.3 is 0 Å². The monoisotopic (exact) mass is 265 g/mol. The van der Waals surface area contributed by atoms with Gasteiger partial charge < -0.3 is 5.32 Å². The molecule has 0 saturated carbocycles. The summed E-state index contributed by atoms with van der Waals surface area (Å²) in [6.45, 7) is 3.63. The molecule has 0 amide bonds. The summed E-state index contributed by atoms with van der Waals surface area (Å²) in [6.07, 6.45) is 0.613. The highest BCUT2D eigenvalue weighted by Gasteiger charge is 2.28. The van der Waals surface area contributed by atoms with Crippen LogP contribution in [0.3, 0.4) is 0 Å². The molecule has 1 saturated heterocycles. The van der Waals surface area contributed by atoms with E-state index in [1.54, 1.807) is 13.0 Å². The zero-order chi connectivity index (χ0) is 13.3. The van der Waals surface area contributed by atoms with Gasteiger partial charge in [0.05, 0.1) is 22.8 Å². The van der Waals surface area contributed by atoms with Crippen LogP contribution in [0.25, 0.3) is 0 Å². The smallest absolute Gasteiger partial charge is 0.152 e. The number of hydrogen-bond donors (Lipinski definition) is 1. The average Bonchev–Trinajstić information content (AvgIpc) is 2.57. The van der Waals surface area contributed by atoms with E-state index in [9.17, 15) is 8.42 Å². The van der Waals surface area contributed by atoms with Crippen LogP contribution >= 0.6 is 0 Å². The lowest BCUT2D eigenvalue weighted by Gasteiger charge is -2.13. The van der Waals surface area contributed by atoms with Gasteiger partial charge in [0.25, 0.3) is 0 Å². The molecule has 1 aliphatic rings. The van der Waals surface area contributed by atoms with Crippen molar-refractivity contribution in [3.63, 3.8) is 0 Å². The molecule has 1 aromatic rings. The number of rotatable bonds is 2. The predicted octanol–water partition coefficient (Wildman–Crippen LogP) is 1.17. The molecule has 1 unspecified atom stereocenters. The molecule has 0 spiro atoms. The fraction of sp³-hybridized carbons (Fsp3) is 0.500. The van der Waals surface area contributed by atoms with Crippen LogP contribution < -0.4 is 5.32 Å². The van der Waals surface area contributed by atoms with Crippen molar-refractivity contribution in [1.29, 1.82) is 5.26 Å². The van der Waals surface area contributed by atoms with Gasteiger partial charge in [0, 0.05) is 6.04 Å². The molecular formula is C12H15N3O2S. The molecule has 1 aromatic heterocycles. The van der Waals surface area contributed by atoms with Crippen LogP contribution in [0.5, 0.6) is 0 Å².